The van der Waals surface area contributed by atoms with Crippen LogP contribution in [0.5, 0.6) is 0 Å². The summed E-state index contributed by atoms with van der Waals surface area (Å²) < 4.78 is 13.9. The fourth-order valence-electron chi connectivity index (χ4n) is 1.07. The molecule has 0 heterocycles. The van der Waals surface area contributed by atoms with Crippen molar-refractivity contribution in [3.8, 4) is 0 Å². The van der Waals surface area contributed by atoms with Crippen molar-refractivity contribution in [2.75, 3.05) is 18.4 Å². The number of halogens is 2. The lowest BCUT2D eigenvalue weighted by Crippen LogP contribution is -2.29. The minimum absolute atomic E-state index is 0.110. The topological polar surface area (TPSA) is 41.1 Å². The largest absolute Gasteiger partial charge is 0.322 e. The highest BCUT2D eigenvalue weighted by Gasteiger charge is 2.05. The molecular formula is C11H12BrFN2O. The standard InChI is InChI=1S/C11H12BrFN2O/c1-8(12)6-14-7-11(16)15-10-5-3-2-4-9(10)13/h2-5,14H,1,6-7H2,(H,15,16). The van der Waals surface area contributed by atoms with E-state index in [1.165, 1.54) is 12.1 Å². The minimum Gasteiger partial charge on any atom is -0.322 e. The van der Waals surface area contributed by atoms with Gasteiger partial charge in [0, 0.05) is 11.0 Å². The first-order valence-electron chi connectivity index (χ1n) is 4.68. The second-order valence-electron chi connectivity index (χ2n) is 3.15. The molecule has 0 fully saturated rings. The predicted octanol–water partition coefficient (Wildman–Crippen LogP) is 2.26. The van der Waals surface area contributed by atoms with E-state index >= 15 is 0 Å². The van der Waals surface area contributed by atoms with E-state index in [1.54, 1.807) is 12.1 Å². The highest BCUT2D eigenvalue weighted by Crippen LogP contribution is 2.11. The number of rotatable bonds is 5. The summed E-state index contributed by atoms with van der Waals surface area (Å²) in [5.74, 6) is -0.736. The van der Waals surface area contributed by atoms with E-state index in [4.69, 9.17) is 0 Å². The molecule has 5 heteroatoms. The fourth-order valence-corrected chi connectivity index (χ4v) is 1.27. The van der Waals surface area contributed by atoms with Crippen molar-refractivity contribution in [3.63, 3.8) is 0 Å². The molecular weight excluding hydrogens is 275 g/mol. The molecule has 0 unspecified atom stereocenters. The molecule has 3 nitrogen and oxygen atoms in total. The Morgan fingerprint density at radius 1 is 1.38 bits per heavy atom. The Morgan fingerprint density at radius 2 is 2.06 bits per heavy atom. The quantitative estimate of drug-likeness (QED) is 0.872. The number of hydrogen-bond acceptors (Lipinski definition) is 2. The molecule has 0 aliphatic heterocycles. The van der Waals surface area contributed by atoms with E-state index in [0.29, 0.717) is 6.54 Å². The van der Waals surface area contributed by atoms with Gasteiger partial charge in [0.25, 0.3) is 0 Å². The lowest BCUT2D eigenvalue weighted by Gasteiger charge is -2.06. The van der Waals surface area contributed by atoms with E-state index in [2.05, 4.69) is 33.1 Å². The summed E-state index contributed by atoms with van der Waals surface area (Å²) in [6, 6.07) is 6.03. The van der Waals surface area contributed by atoms with Crippen molar-refractivity contribution in [2.45, 2.75) is 0 Å². The molecule has 1 amide bonds. The van der Waals surface area contributed by atoms with Gasteiger partial charge in [0.15, 0.2) is 0 Å². The van der Waals surface area contributed by atoms with Crippen molar-refractivity contribution in [3.05, 3.63) is 41.1 Å². The molecule has 0 aliphatic rings. The first-order valence-corrected chi connectivity index (χ1v) is 5.47. The molecule has 86 valence electrons. The van der Waals surface area contributed by atoms with Crippen LogP contribution < -0.4 is 10.6 Å². The SMILES string of the molecule is C=C(Br)CNCC(=O)Nc1ccccc1F. The van der Waals surface area contributed by atoms with Crippen LogP contribution in [0.1, 0.15) is 0 Å². The molecule has 0 bridgehead atoms. The molecule has 1 aromatic rings. The third kappa shape index (κ3) is 4.55. The summed E-state index contributed by atoms with van der Waals surface area (Å²) in [7, 11) is 0. The van der Waals surface area contributed by atoms with E-state index < -0.39 is 5.82 Å². The number of para-hydroxylation sites is 1. The van der Waals surface area contributed by atoms with Crippen molar-refractivity contribution < 1.29 is 9.18 Å². The molecule has 16 heavy (non-hydrogen) atoms. The Bertz CT molecular complexity index is 395. The fraction of sp³-hybridized carbons (Fsp3) is 0.182. The van der Waals surface area contributed by atoms with E-state index in [-0.39, 0.29) is 18.1 Å². The summed E-state index contributed by atoms with van der Waals surface area (Å²) >= 11 is 3.15. The van der Waals surface area contributed by atoms with Crippen LogP contribution in [-0.2, 0) is 4.79 Å². The van der Waals surface area contributed by atoms with Gasteiger partial charge in [0.05, 0.1) is 12.2 Å². The molecule has 2 N–H and O–H groups in total. The Labute approximate surface area is 102 Å². The lowest BCUT2D eigenvalue weighted by molar-refractivity contribution is -0.115. The normalized spacial score (nSPS) is 9.88. The summed E-state index contributed by atoms with van der Waals surface area (Å²) in [6.07, 6.45) is 0. The third-order valence-electron chi connectivity index (χ3n) is 1.75. The highest BCUT2D eigenvalue weighted by molar-refractivity contribution is 9.11. The maximum Gasteiger partial charge on any atom is 0.238 e. The molecule has 0 radical (unpaired) electrons. The Kier molecular flexibility index (Phi) is 5.14. The van der Waals surface area contributed by atoms with Crippen LogP contribution in [-0.4, -0.2) is 19.0 Å². The molecule has 1 aromatic carbocycles. The summed E-state index contributed by atoms with van der Waals surface area (Å²) in [5.41, 5.74) is 0.187. The van der Waals surface area contributed by atoms with Crippen LogP contribution in [0.25, 0.3) is 0 Å². The Balaban J connectivity index is 2.40. The van der Waals surface area contributed by atoms with E-state index in [0.717, 1.165) is 4.48 Å². The van der Waals surface area contributed by atoms with Crippen LogP contribution in [0.15, 0.2) is 35.3 Å². The minimum atomic E-state index is -0.444. The number of hydrogen-bond donors (Lipinski definition) is 2. The lowest BCUT2D eigenvalue weighted by atomic mass is 10.3. The second-order valence-corrected chi connectivity index (χ2v) is 4.27. The van der Waals surface area contributed by atoms with Crippen LogP contribution in [0, 0.1) is 5.82 Å². The number of carbonyl (C=O) groups is 1. The van der Waals surface area contributed by atoms with Gasteiger partial charge in [-0.05, 0) is 12.1 Å². The monoisotopic (exact) mass is 286 g/mol. The second kappa shape index (κ2) is 6.40. The first kappa shape index (κ1) is 12.9. The number of anilines is 1. The molecule has 0 saturated heterocycles. The summed E-state index contributed by atoms with van der Waals surface area (Å²) in [4.78, 5) is 11.4. The average molecular weight is 287 g/mol. The van der Waals surface area contributed by atoms with Gasteiger partial charge in [-0.15, -0.1) is 0 Å². The number of amides is 1. The zero-order valence-electron chi connectivity index (χ0n) is 8.59. The maximum absolute atomic E-state index is 13.1. The first-order chi connectivity index (χ1) is 7.59. The Hall–Kier alpha value is -1.20. The molecule has 1 rings (SSSR count). The van der Waals surface area contributed by atoms with Crippen molar-refractivity contribution >= 4 is 27.5 Å². The zero-order valence-corrected chi connectivity index (χ0v) is 10.2. The predicted molar refractivity (Wildman–Crippen MR) is 66.0 cm³/mol. The van der Waals surface area contributed by atoms with Crippen LogP contribution in [0.2, 0.25) is 0 Å². The average Bonchev–Trinajstić information content (AvgIpc) is 2.21. The van der Waals surface area contributed by atoms with Crippen LogP contribution in [0.3, 0.4) is 0 Å². The van der Waals surface area contributed by atoms with Crippen molar-refractivity contribution in [2.24, 2.45) is 0 Å². The van der Waals surface area contributed by atoms with Gasteiger partial charge in [-0.3, -0.25) is 4.79 Å². The number of benzene rings is 1. The van der Waals surface area contributed by atoms with Gasteiger partial charge >= 0.3 is 0 Å². The van der Waals surface area contributed by atoms with E-state index in [1.807, 2.05) is 0 Å². The van der Waals surface area contributed by atoms with Crippen LogP contribution in [0.4, 0.5) is 10.1 Å². The van der Waals surface area contributed by atoms with Crippen molar-refractivity contribution in [1.29, 1.82) is 0 Å². The highest BCUT2D eigenvalue weighted by atomic mass is 79.9. The maximum atomic E-state index is 13.1. The number of nitrogens with one attached hydrogen (secondary N) is 2. The molecule has 0 spiro atoms. The van der Waals surface area contributed by atoms with Gasteiger partial charge in [-0.2, -0.15) is 0 Å². The third-order valence-corrected chi connectivity index (χ3v) is 2.03. The van der Waals surface area contributed by atoms with Gasteiger partial charge in [0.1, 0.15) is 5.82 Å². The molecule has 0 aromatic heterocycles. The van der Waals surface area contributed by atoms with E-state index in [9.17, 15) is 9.18 Å². The zero-order chi connectivity index (χ0) is 12.0. The molecule has 0 atom stereocenters. The van der Waals surface area contributed by atoms with Gasteiger partial charge in [-0.1, -0.05) is 34.6 Å². The van der Waals surface area contributed by atoms with Gasteiger partial charge in [0.2, 0.25) is 5.91 Å². The number of carbonyl (C=O) groups excluding carboxylic acids is 1. The summed E-state index contributed by atoms with van der Waals surface area (Å²) in [5, 5.41) is 5.31. The van der Waals surface area contributed by atoms with Gasteiger partial charge in [-0.25, -0.2) is 4.39 Å². The Morgan fingerprint density at radius 3 is 2.69 bits per heavy atom. The van der Waals surface area contributed by atoms with Gasteiger partial charge < -0.3 is 10.6 Å². The smallest absolute Gasteiger partial charge is 0.238 e. The van der Waals surface area contributed by atoms with Crippen LogP contribution >= 0.6 is 15.9 Å². The molecule has 0 saturated carbocycles. The summed E-state index contributed by atoms with van der Waals surface area (Å²) in [6.45, 7) is 4.21. The molecule has 0 aliphatic carbocycles. The van der Waals surface area contributed by atoms with Crippen molar-refractivity contribution in [1.82, 2.24) is 5.32 Å².